The van der Waals surface area contributed by atoms with E-state index in [2.05, 4.69) is 0 Å². The zero-order valence-corrected chi connectivity index (χ0v) is 12.2. The van der Waals surface area contributed by atoms with Crippen LogP contribution in [0.3, 0.4) is 0 Å². The summed E-state index contributed by atoms with van der Waals surface area (Å²) in [5, 5.41) is 0. The second-order valence-electron chi connectivity index (χ2n) is 4.89. The van der Waals surface area contributed by atoms with E-state index in [4.69, 9.17) is 8.92 Å². The normalized spacial score (nSPS) is 21.1. The van der Waals surface area contributed by atoms with Gasteiger partial charge in [0.25, 0.3) is 0 Å². The summed E-state index contributed by atoms with van der Waals surface area (Å²) in [6.07, 6.45) is -0.898. The summed E-state index contributed by atoms with van der Waals surface area (Å²) in [6.45, 7) is 3.65. The van der Waals surface area contributed by atoms with Crippen LogP contribution in [-0.2, 0) is 25.8 Å². The minimum absolute atomic E-state index is 0.0243. The van der Waals surface area contributed by atoms with Crippen LogP contribution in [0.4, 0.5) is 4.79 Å². The number of carbonyl (C=O) groups excluding carboxylic acids is 1. The molecule has 1 aromatic carbocycles. The van der Waals surface area contributed by atoms with Gasteiger partial charge in [-0.1, -0.05) is 44.2 Å². The maximum absolute atomic E-state index is 12.0. The van der Waals surface area contributed by atoms with Gasteiger partial charge in [-0.2, -0.15) is 12.7 Å². The molecule has 1 heterocycles. The number of benzene rings is 1. The highest BCUT2D eigenvalue weighted by Gasteiger charge is 2.44. The summed E-state index contributed by atoms with van der Waals surface area (Å²) in [5.41, 5.74) is 0.791. The Morgan fingerprint density at radius 3 is 2.65 bits per heavy atom. The molecule has 1 fully saturated rings. The predicted octanol–water partition coefficient (Wildman–Crippen LogP) is 1.92. The Hall–Kier alpha value is -1.60. The van der Waals surface area contributed by atoms with Gasteiger partial charge in [0.2, 0.25) is 0 Å². The molecule has 1 aliphatic rings. The minimum atomic E-state index is -4.03. The molecule has 0 aromatic heterocycles. The van der Waals surface area contributed by atoms with Gasteiger partial charge in [0.05, 0.1) is 12.6 Å². The zero-order chi connectivity index (χ0) is 14.8. The van der Waals surface area contributed by atoms with Gasteiger partial charge in [-0.15, -0.1) is 0 Å². The van der Waals surface area contributed by atoms with Gasteiger partial charge >= 0.3 is 16.4 Å². The summed E-state index contributed by atoms with van der Waals surface area (Å²) in [5.74, 6) is -0.0449. The van der Waals surface area contributed by atoms with E-state index < -0.39 is 22.4 Å². The lowest BCUT2D eigenvalue weighted by molar-refractivity contribution is 0.107. The quantitative estimate of drug-likeness (QED) is 0.852. The smallest absolute Gasteiger partial charge is 0.426 e. The van der Waals surface area contributed by atoms with Crippen molar-refractivity contribution < 1.29 is 22.1 Å². The third kappa shape index (κ3) is 3.10. The van der Waals surface area contributed by atoms with E-state index in [0.29, 0.717) is 4.31 Å². The number of nitrogens with zero attached hydrogens (tertiary/aromatic N) is 1. The minimum Gasteiger partial charge on any atom is -0.444 e. The standard InChI is InChI=1S/C13H17NO5S/c1-10(2)12-9-19-20(16,17)14(12)13(15)18-8-11-6-4-3-5-7-11/h3-7,10,12H,8-9H2,1-2H3. The highest BCUT2D eigenvalue weighted by atomic mass is 32.2. The molecule has 2 rings (SSSR count). The number of amides is 1. The Kier molecular flexibility index (Phi) is 4.29. The molecule has 0 aliphatic carbocycles. The SMILES string of the molecule is CC(C)C1COS(=O)(=O)N1C(=O)OCc1ccccc1. The predicted molar refractivity (Wildman–Crippen MR) is 72.0 cm³/mol. The molecule has 0 spiro atoms. The Morgan fingerprint density at radius 2 is 2.05 bits per heavy atom. The van der Waals surface area contributed by atoms with Crippen LogP contribution in [0.2, 0.25) is 0 Å². The molecule has 0 bridgehead atoms. The first-order valence-corrected chi connectivity index (χ1v) is 7.68. The molecule has 110 valence electrons. The van der Waals surface area contributed by atoms with E-state index >= 15 is 0 Å². The average Bonchev–Trinajstić information content (AvgIpc) is 2.73. The van der Waals surface area contributed by atoms with E-state index in [1.54, 1.807) is 12.1 Å². The first kappa shape index (κ1) is 14.8. The van der Waals surface area contributed by atoms with Crippen LogP contribution >= 0.6 is 0 Å². The highest BCUT2D eigenvalue weighted by Crippen LogP contribution is 2.25. The third-order valence-corrected chi connectivity index (χ3v) is 4.42. The summed E-state index contributed by atoms with van der Waals surface area (Å²) < 4.78 is 33.9. The van der Waals surface area contributed by atoms with Crippen molar-refractivity contribution in [1.82, 2.24) is 4.31 Å². The topological polar surface area (TPSA) is 72.9 Å². The highest BCUT2D eigenvalue weighted by molar-refractivity contribution is 7.85. The third-order valence-electron chi connectivity index (χ3n) is 3.08. The molecule has 1 saturated heterocycles. The Balaban J connectivity index is 2.07. The summed E-state index contributed by atoms with van der Waals surface area (Å²) in [7, 11) is -4.03. The van der Waals surface area contributed by atoms with Gasteiger partial charge in [-0.3, -0.25) is 4.18 Å². The molecule has 0 radical (unpaired) electrons. The molecule has 1 aliphatic heterocycles. The number of ether oxygens (including phenoxy) is 1. The van der Waals surface area contributed by atoms with Crippen LogP contribution in [-0.4, -0.2) is 31.5 Å². The molecule has 1 unspecified atom stereocenters. The van der Waals surface area contributed by atoms with E-state index in [-0.39, 0.29) is 19.1 Å². The van der Waals surface area contributed by atoms with Gasteiger partial charge in [0, 0.05) is 0 Å². The summed E-state index contributed by atoms with van der Waals surface area (Å²) in [6, 6.07) is 8.54. The second kappa shape index (κ2) is 5.80. The van der Waals surface area contributed by atoms with E-state index in [1.807, 2.05) is 32.0 Å². The molecule has 20 heavy (non-hydrogen) atoms. The van der Waals surface area contributed by atoms with Crippen molar-refractivity contribution in [3.05, 3.63) is 35.9 Å². The number of hydrogen-bond donors (Lipinski definition) is 0. The van der Waals surface area contributed by atoms with Gasteiger partial charge in [-0.25, -0.2) is 4.79 Å². The van der Waals surface area contributed by atoms with Gasteiger partial charge in [0.1, 0.15) is 6.61 Å². The van der Waals surface area contributed by atoms with Gasteiger partial charge < -0.3 is 4.74 Å². The molecule has 7 heteroatoms. The maximum Gasteiger partial charge on any atom is 0.426 e. The van der Waals surface area contributed by atoms with Crippen LogP contribution in [0.15, 0.2) is 30.3 Å². The first-order chi connectivity index (χ1) is 9.42. The lowest BCUT2D eigenvalue weighted by atomic mass is 10.1. The Labute approximate surface area is 118 Å². The van der Waals surface area contributed by atoms with Crippen molar-refractivity contribution in [3.8, 4) is 0 Å². The summed E-state index contributed by atoms with van der Waals surface area (Å²) >= 11 is 0. The molecule has 1 amide bonds. The fraction of sp³-hybridized carbons (Fsp3) is 0.462. The molecule has 1 aromatic rings. The fourth-order valence-electron chi connectivity index (χ4n) is 1.92. The zero-order valence-electron chi connectivity index (χ0n) is 11.4. The molecular weight excluding hydrogens is 282 g/mol. The molecule has 6 nitrogen and oxygen atoms in total. The number of carbonyl (C=O) groups is 1. The second-order valence-corrected chi connectivity index (χ2v) is 6.37. The maximum atomic E-state index is 12.0. The Morgan fingerprint density at radius 1 is 1.40 bits per heavy atom. The van der Waals surface area contributed by atoms with Gasteiger partial charge in [-0.05, 0) is 11.5 Å². The fourth-order valence-corrected chi connectivity index (χ4v) is 3.22. The van der Waals surface area contributed by atoms with Crippen molar-refractivity contribution in [2.45, 2.75) is 26.5 Å². The first-order valence-electron chi connectivity index (χ1n) is 6.31. The van der Waals surface area contributed by atoms with E-state index in [0.717, 1.165) is 5.56 Å². The van der Waals surface area contributed by atoms with E-state index in [9.17, 15) is 13.2 Å². The number of hydrogen-bond acceptors (Lipinski definition) is 5. The van der Waals surface area contributed by atoms with Crippen molar-refractivity contribution in [2.24, 2.45) is 5.92 Å². The molecule has 1 atom stereocenters. The van der Waals surface area contributed by atoms with Crippen LogP contribution in [0, 0.1) is 5.92 Å². The Bertz CT molecular complexity index is 570. The van der Waals surface area contributed by atoms with Crippen molar-refractivity contribution in [3.63, 3.8) is 0 Å². The number of rotatable bonds is 3. The largest absolute Gasteiger partial charge is 0.444 e. The molecular formula is C13H17NO5S. The van der Waals surface area contributed by atoms with Crippen LogP contribution in [0.1, 0.15) is 19.4 Å². The van der Waals surface area contributed by atoms with Crippen LogP contribution in [0.5, 0.6) is 0 Å². The van der Waals surface area contributed by atoms with Crippen LogP contribution in [0.25, 0.3) is 0 Å². The lowest BCUT2D eigenvalue weighted by Crippen LogP contribution is -2.42. The average molecular weight is 299 g/mol. The van der Waals surface area contributed by atoms with E-state index in [1.165, 1.54) is 0 Å². The molecule has 0 saturated carbocycles. The van der Waals surface area contributed by atoms with Crippen molar-refractivity contribution in [2.75, 3.05) is 6.61 Å². The molecule has 0 N–H and O–H groups in total. The lowest BCUT2D eigenvalue weighted by Gasteiger charge is -2.22. The van der Waals surface area contributed by atoms with Crippen LogP contribution < -0.4 is 0 Å². The van der Waals surface area contributed by atoms with Crippen molar-refractivity contribution in [1.29, 1.82) is 0 Å². The van der Waals surface area contributed by atoms with Crippen molar-refractivity contribution >= 4 is 16.4 Å². The monoisotopic (exact) mass is 299 g/mol. The van der Waals surface area contributed by atoms with Gasteiger partial charge in [0.15, 0.2) is 0 Å². The summed E-state index contributed by atoms with van der Waals surface area (Å²) in [4.78, 5) is 12.0.